The molecule has 0 atom stereocenters. The molecule has 2 rings (SSSR count). The Morgan fingerprint density at radius 1 is 1.15 bits per heavy atom. The van der Waals surface area contributed by atoms with Crippen molar-refractivity contribution in [1.29, 1.82) is 0 Å². The molecule has 0 bridgehead atoms. The Kier molecular flexibility index (Phi) is 6.06. The van der Waals surface area contributed by atoms with Crippen LogP contribution in [0.3, 0.4) is 0 Å². The van der Waals surface area contributed by atoms with Crippen molar-refractivity contribution in [1.82, 2.24) is 0 Å². The summed E-state index contributed by atoms with van der Waals surface area (Å²) in [7, 11) is 0. The topological polar surface area (TPSA) is 107 Å². The van der Waals surface area contributed by atoms with Crippen molar-refractivity contribution in [3.63, 3.8) is 0 Å². The second-order valence-electron chi connectivity index (χ2n) is 5.83. The molecule has 0 unspecified atom stereocenters. The van der Waals surface area contributed by atoms with Crippen LogP contribution in [-0.4, -0.2) is 28.4 Å². The Morgan fingerprint density at radius 3 is 2.35 bits per heavy atom. The zero-order chi connectivity index (χ0) is 19.3. The fourth-order valence-corrected chi connectivity index (χ4v) is 2.39. The number of carboxylic acids is 1. The average Bonchev–Trinajstić information content (AvgIpc) is 2.61. The lowest BCUT2D eigenvalue weighted by molar-refractivity contribution is -0.385. The Balaban J connectivity index is 2.62. The zero-order valence-corrected chi connectivity index (χ0v) is 14.5. The Labute approximate surface area is 150 Å². The maximum Gasteiger partial charge on any atom is 0.336 e. The first-order chi connectivity index (χ1) is 12.3. The fraction of sp³-hybridized carbons (Fsp3) is 0.263. The molecule has 0 aromatic heterocycles. The third-order valence-electron chi connectivity index (χ3n) is 3.82. The maximum absolute atomic E-state index is 12.9. The van der Waals surface area contributed by atoms with Crippen molar-refractivity contribution in [2.24, 2.45) is 0 Å². The number of carboxylic acid groups (broad SMARTS) is 1. The molecule has 26 heavy (non-hydrogen) atoms. The molecule has 0 heterocycles. The summed E-state index contributed by atoms with van der Waals surface area (Å²) < 4.78 is 5.54. The molecule has 7 nitrogen and oxygen atoms in total. The van der Waals surface area contributed by atoms with Gasteiger partial charge in [0.2, 0.25) is 5.78 Å². The summed E-state index contributed by atoms with van der Waals surface area (Å²) in [5, 5.41) is 20.7. The van der Waals surface area contributed by atoms with Crippen LogP contribution >= 0.6 is 0 Å². The SMILES string of the molecule is CCCCOc1cc(C(=O)O)cc([N+](=O)[O-])c1C(=O)c1ccc(C)cc1. The number of benzene rings is 2. The van der Waals surface area contributed by atoms with Crippen LogP contribution in [0.15, 0.2) is 36.4 Å². The van der Waals surface area contributed by atoms with Crippen LogP contribution in [0.5, 0.6) is 5.75 Å². The molecule has 0 spiro atoms. The summed E-state index contributed by atoms with van der Waals surface area (Å²) in [6.07, 6.45) is 1.49. The van der Waals surface area contributed by atoms with Crippen molar-refractivity contribution in [3.8, 4) is 5.75 Å². The van der Waals surface area contributed by atoms with Gasteiger partial charge in [-0.2, -0.15) is 0 Å². The first-order valence-electron chi connectivity index (χ1n) is 8.15. The molecule has 2 aromatic rings. The van der Waals surface area contributed by atoms with Crippen LogP contribution in [0.1, 0.15) is 51.6 Å². The average molecular weight is 357 g/mol. The van der Waals surface area contributed by atoms with E-state index in [0.717, 1.165) is 24.1 Å². The first kappa shape index (κ1) is 19.1. The van der Waals surface area contributed by atoms with E-state index in [9.17, 15) is 24.8 Å². The van der Waals surface area contributed by atoms with Crippen LogP contribution in [0.25, 0.3) is 0 Å². The smallest absolute Gasteiger partial charge is 0.336 e. The van der Waals surface area contributed by atoms with Crippen molar-refractivity contribution in [3.05, 3.63) is 68.8 Å². The monoisotopic (exact) mass is 357 g/mol. The van der Waals surface area contributed by atoms with E-state index in [1.165, 1.54) is 0 Å². The van der Waals surface area contributed by atoms with Crippen LogP contribution in [-0.2, 0) is 0 Å². The molecule has 2 aromatic carbocycles. The molecule has 0 fully saturated rings. The lowest BCUT2D eigenvalue weighted by atomic mass is 9.98. The third-order valence-corrected chi connectivity index (χ3v) is 3.82. The van der Waals surface area contributed by atoms with E-state index in [2.05, 4.69) is 0 Å². The van der Waals surface area contributed by atoms with E-state index in [1.807, 2.05) is 13.8 Å². The highest BCUT2D eigenvalue weighted by Gasteiger charge is 2.29. The molecule has 0 amide bonds. The number of nitro groups is 1. The quantitative estimate of drug-likeness (QED) is 0.331. The van der Waals surface area contributed by atoms with Crippen molar-refractivity contribution < 1.29 is 24.4 Å². The highest BCUT2D eigenvalue weighted by molar-refractivity contribution is 6.14. The maximum atomic E-state index is 12.9. The van der Waals surface area contributed by atoms with E-state index in [4.69, 9.17) is 4.74 Å². The number of hydrogen-bond donors (Lipinski definition) is 1. The highest BCUT2D eigenvalue weighted by Crippen LogP contribution is 2.33. The second-order valence-corrected chi connectivity index (χ2v) is 5.83. The number of ether oxygens (including phenoxy) is 1. The van der Waals surface area contributed by atoms with Gasteiger partial charge in [-0.3, -0.25) is 14.9 Å². The van der Waals surface area contributed by atoms with Gasteiger partial charge in [0.25, 0.3) is 5.69 Å². The fourth-order valence-electron chi connectivity index (χ4n) is 2.39. The molecule has 0 saturated heterocycles. The van der Waals surface area contributed by atoms with Gasteiger partial charge >= 0.3 is 5.97 Å². The van der Waals surface area contributed by atoms with Crippen LogP contribution in [0.2, 0.25) is 0 Å². The molecule has 7 heteroatoms. The zero-order valence-electron chi connectivity index (χ0n) is 14.5. The summed E-state index contributed by atoms with van der Waals surface area (Å²) in [5.41, 5.74) is 0.0874. The van der Waals surface area contributed by atoms with E-state index >= 15 is 0 Å². The van der Waals surface area contributed by atoms with Crippen molar-refractivity contribution in [2.75, 3.05) is 6.61 Å². The Hall–Kier alpha value is -3.22. The van der Waals surface area contributed by atoms with Gasteiger partial charge in [-0.1, -0.05) is 43.2 Å². The minimum Gasteiger partial charge on any atom is -0.493 e. The van der Waals surface area contributed by atoms with Gasteiger partial charge in [-0.15, -0.1) is 0 Å². The molecule has 0 radical (unpaired) electrons. The molecule has 0 aliphatic rings. The molecule has 136 valence electrons. The van der Waals surface area contributed by atoms with Gasteiger partial charge in [0.1, 0.15) is 11.3 Å². The minimum absolute atomic E-state index is 0.0874. The number of rotatable bonds is 8. The summed E-state index contributed by atoms with van der Waals surface area (Å²) in [4.78, 5) is 34.9. The number of nitrogens with zero attached hydrogens (tertiary/aromatic N) is 1. The molecule has 1 N–H and O–H groups in total. The molecular weight excluding hydrogens is 338 g/mol. The predicted molar refractivity (Wildman–Crippen MR) is 95.1 cm³/mol. The number of carbonyl (C=O) groups is 2. The van der Waals surface area contributed by atoms with Crippen LogP contribution < -0.4 is 4.74 Å². The standard InChI is InChI=1S/C19H19NO6/c1-3-4-9-26-16-11-14(19(22)23)10-15(20(24)25)17(16)18(21)13-7-5-12(2)6-8-13/h5-8,10-11H,3-4,9H2,1-2H3,(H,22,23). The second kappa shape index (κ2) is 8.24. The number of nitro benzene ring substituents is 1. The van der Waals surface area contributed by atoms with Crippen LogP contribution in [0, 0.1) is 17.0 Å². The van der Waals surface area contributed by atoms with E-state index in [-0.39, 0.29) is 29.0 Å². The number of hydrogen-bond acceptors (Lipinski definition) is 5. The largest absolute Gasteiger partial charge is 0.493 e. The first-order valence-corrected chi connectivity index (χ1v) is 8.15. The molecule has 0 aliphatic heterocycles. The Bertz CT molecular complexity index is 842. The van der Waals surface area contributed by atoms with Gasteiger partial charge in [-0.25, -0.2) is 4.79 Å². The third kappa shape index (κ3) is 4.24. The van der Waals surface area contributed by atoms with Gasteiger partial charge in [0.05, 0.1) is 17.1 Å². The summed E-state index contributed by atoms with van der Waals surface area (Å²) >= 11 is 0. The summed E-state index contributed by atoms with van der Waals surface area (Å²) in [5.74, 6) is -2.00. The number of carbonyl (C=O) groups excluding carboxylic acids is 1. The van der Waals surface area contributed by atoms with Gasteiger partial charge < -0.3 is 9.84 Å². The molecular formula is C19H19NO6. The Morgan fingerprint density at radius 2 is 1.81 bits per heavy atom. The van der Waals surface area contributed by atoms with E-state index in [0.29, 0.717) is 6.42 Å². The highest BCUT2D eigenvalue weighted by atomic mass is 16.6. The van der Waals surface area contributed by atoms with Crippen molar-refractivity contribution in [2.45, 2.75) is 26.7 Å². The number of unbranched alkanes of at least 4 members (excludes halogenated alkanes) is 1. The normalized spacial score (nSPS) is 10.4. The lowest BCUT2D eigenvalue weighted by Crippen LogP contribution is -2.12. The van der Waals surface area contributed by atoms with E-state index in [1.54, 1.807) is 24.3 Å². The summed E-state index contributed by atoms with van der Waals surface area (Å²) in [6, 6.07) is 8.64. The molecule has 0 aliphatic carbocycles. The van der Waals surface area contributed by atoms with Crippen molar-refractivity contribution >= 4 is 17.4 Å². The van der Waals surface area contributed by atoms with Gasteiger partial charge in [0, 0.05) is 11.6 Å². The number of aromatic carboxylic acids is 1. The summed E-state index contributed by atoms with van der Waals surface area (Å²) in [6.45, 7) is 4.03. The number of ketones is 1. The number of aryl methyl sites for hydroxylation is 1. The van der Waals surface area contributed by atoms with Crippen LogP contribution in [0.4, 0.5) is 5.69 Å². The van der Waals surface area contributed by atoms with E-state index < -0.39 is 22.4 Å². The minimum atomic E-state index is -1.33. The van der Waals surface area contributed by atoms with Gasteiger partial charge in [0.15, 0.2) is 0 Å². The van der Waals surface area contributed by atoms with Gasteiger partial charge in [-0.05, 0) is 19.4 Å². The predicted octanol–water partition coefficient (Wildman–Crippen LogP) is 4.01. The lowest BCUT2D eigenvalue weighted by Gasteiger charge is -2.12. The molecule has 0 saturated carbocycles.